The van der Waals surface area contributed by atoms with E-state index in [2.05, 4.69) is 17.6 Å². The summed E-state index contributed by atoms with van der Waals surface area (Å²) in [5, 5.41) is 2.68. The molecule has 1 amide bonds. The molecule has 22 heavy (non-hydrogen) atoms. The van der Waals surface area contributed by atoms with E-state index in [0.717, 1.165) is 0 Å². The van der Waals surface area contributed by atoms with Gasteiger partial charge in [-0.15, -0.1) is 5.73 Å². The van der Waals surface area contributed by atoms with Crippen LogP contribution in [0.25, 0.3) is 5.57 Å². The molecule has 0 spiro atoms. The Kier molecular flexibility index (Phi) is 5.96. The lowest BCUT2D eigenvalue weighted by Crippen LogP contribution is -2.27. The zero-order chi connectivity index (χ0) is 16.8. The Hall–Kier alpha value is -2.52. The number of nitrogens with one attached hydrogen (secondary N) is 1. The van der Waals surface area contributed by atoms with E-state index < -0.39 is 17.7 Å². The smallest absolute Gasteiger partial charge is 0.412 e. The summed E-state index contributed by atoms with van der Waals surface area (Å²) in [4.78, 5) is 22.8. The Morgan fingerprint density at radius 2 is 1.91 bits per heavy atom. The Labute approximate surface area is 130 Å². The zero-order valence-electron chi connectivity index (χ0n) is 13.4. The van der Waals surface area contributed by atoms with Crippen LogP contribution >= 0.6 is 0 Å². The fourth-order valence-corrected chi connectivity index (χ4v) is 1.67. The van der Waals surface area contributed by atoms with Crippen LogP contribution in [-0.2, 0) is 14.3 Å². The number of benzene rings is 1. The van der Waals surface area contributed by atoms with E-state index in [1.807, 2.05) is 0 Å². The molecule has 118 valence electrons. The third kappa shape index (κ3) is 5.85. The summed E-state index contributed by atoms with van der Waals surface area (Å²) in [6, 6.07) is 7.09. The molecular weight excluding hydrogens is 282 g/mol. The lowest BCUT2D eigenvalue weighted by Gasteiger charge is -2.20. The molecule has 0 aliphatic carbocycles. The highest BCUT2D eigenvalue weighted by molar-refractivity contribution is 5.90. The van der Waals surface area contributed by atoms with Gasteiger partial charge in [0.1, 0.15) is 12.2 Å². The molecule has 0 atom stereocenters. The van der Waals surface area contributed by atoms with E-state index >= 15 is 0 Å². The van der Waals surface area contributed by atoms with Crippen molar-refractivity contribution in [3.05, 3.63) is 42.1 Å². The van der Waals surface area contributed by atoms with Gasteiger partial charge in [-0.1, -0.05) is 24.8 Å². The Morgan fingerprint density at radius 1 is 1.27 bits per heavy atom. The van der Waals surface area contributed by atoms with Crippen molar-refractivity contribution >= 4 is 23.3 Å². The fraction of sp³-hybridized carbons (Fsp3) is 0.353. The summed E-state index contributed by atoms with van der Waals surface area (Å²) in [7, 11) is 0. The first kappa shape index (κ1) is 17.5. The second-order valence-corrected chi connectivity index (χ2v) is 5.61. The maximum absolute atomic E-state index is 11.9. The predicted molar refractivity (Wildman–Crippen MR) is 85.5 cm³/mol. The molecule has 1 aromatic rings. The Morgan fingerprint density at radius 3 is 2.45 bits per heavy atom. The summed E-state index contributed by atoms with van der Waals surface area (Å²) in [6.45, 7) is 10.3. The van der Waals surface area contributed by atoms with Crippen LogP contribution in [0, 0.1) is 0 Å². The van der Waals surface area contributed by atoms with Crippen LogP contribution in [-0.4, -0.2) is 24.3 Å². The maximum atomic E-state index is 11.9. The minimum absolute atomic E-state index is 0.0336. The average molecular weight is 303 g/mol. The summed E-state index contributed by atoms with van der Waals surface area (Å²) in [6.07, 6.45) is -0.559. The lowest BCUT2D eigenvalue weighted by atomic mass is 10.1. The van der Waals surface area contributed by atoms with Crippen LogP contribution in [0.1, 0.15) is 33.3 Å². The van der Waals surface area contributed by atoms with Crippen LogP contribution in [0.4, 0.5) is 10.5 Å². The second kappa shape index (κ2) is 7.48. The molecule has 0 radical (unpaired) electrons. The molecule has 0 fully saturated rings. The van der Waals surface area contributed by atoms with Gasteiger partial charge < -0.3 is 9.47 Å². The molecule has 0 bridgehead atoms. The number of hydrogen-bond donors (Lipinski definition) is 1. The summed E-state index contributed by atoms with van der Waals surface area (Å²) >= 11 is 0. The van der Waals surface area contributed by atoms with E-state index in [1.54, 1.807) is 45.0 Å². The van der Waals surface area contributed by atoms with Gasteiger partial charge in [0, 0.05) is 18.1 Å². The first-order valence-corrected chi connectivity index (χ1v) is 6.84. The molecule has 0 saturated heterocycles. The number of amides is 1. The molecule has 1 N–H and O–H groups in total. The van der Waals surface area contributed by atoms with Gasteiger partial charge in [-0.25, -0.2) is 4.79 Å². The van der Waals surface area contributed by atoms with Gasteiger partial charge in [-0.05, 0) is 26.8 Å². The molecule has 0 heterocycles. The van der Waals surface area contributed by atoms with Crippen molar-refractivity contribution in [2.24, 2.45) is 0 Å². The number of para-hydroxylation sites is 1. The number of carbonyl (C=O) groups is 2. The zero-order valence-corrected chi connectivity index (χ0v) is 13.4. The molecule has 1 aromatic carbocycles. The predicted octanol–water partition coefficient (Wildman–Crippen LogP) is 3.77. The van der Waals surface area contributed by atoms with Crippen LogP contribution in [0.2, 0.25) is 0 Å². The SMILES string of the molecule is C=C=C(COC(C)=O)c1ccccc1NC(=O)OC(C)(C)C. The summed E-state index contributed by atoms with van der Waals surface area (Å²) in [5.41, 5.74) is 3.92. The van der Waals surface area contributed by atoms with Gasteiger partial charge in [0.05, 0.1) is 5.69 Å². The Bertz CT molecular complexity index is 607. The maximum Gasteiger partial charge on any atom is 0.412 e. The highest BCUT2D eigenvalue weighted by atomic mass is 16.6. The fourth-order valence-electron chi connectivity index (χ4n) is 1.67. The molecular formula is C17H21NO4. The van der Waals surface area contributed by atoms with E-state index in [-0.39, 0.29) is 6.61 Å². The first-order chi connectivity index (χ1) is 10.2. The molecule has 5 heteroatoms. The standard InChI is InChI=1S/C17H21NO4/c1-6-13(11-21-12(2)19)14-9-7-8-10-15(14)18-16(20)22-17(3,4)5/h7-10H,1,11H2,2-5H3,(H,18,20). The van der Waals surface area contributed by atoms with E-state index in [9.17, 15) is 9.59 Å². The number of esters is 1. The van der Waals surface area contributed by atoms with Gasteiger partial charge in [-0.2, -0.15) is 0 Å². The van der Waals surface area contributed by atoms with E-state index in [0.29, 0.717) is 16.8 Å². The summed E-state index contributed by atoms with van der Waals surface area (Å²) in [5.74, 6) is -0.398. The minimum Gasteiger partial charge on any atom is -0.460 e. The van der Waals surface area contributed by atoms with Crippen molar-refractivity contribution in [3.63, 3.8) is 0 Å². The second-order valence-electron chi connectivity index (χ2n) is 5.61. The topological polar surface area (TPSA) is 64.6 Å². The molecule has 0 aliphatic rings. The molecule has 0 aliphatic heterocycles. The number of hydrogen-bond acceptors (Lipinski definition) is 4. The molecule has 1 rings (SSSR count). The van der Waals surface area contributed by atoms with Crippen molar-refractivity contribution in [2.75, 3.05) is 11.9 Å². The number of ether oxygens (including phenoxy) is 2. The minimum atomic E-state index is -0.589. The Balaban J connectivity index is 2.96. The van der Waals surface area contributed by atoms with Crippen LogP contribution in [0.5, 0.6) is 0 Å². The van der Waals surface area contributed by atoms with Gasteiger partial charge in [0.2, 0.25) is 0 Å². The van der Waals surface area contributed by atoms with E-state index in [1.165, 1.54) is 6.92 Å². The molecule has 0 aromatic heterocycles. The first-order valence-electron chi connectivity index (χ1n) is 6.84. The number of rotatable bonds is 4. The average Bonchev–Trinajstić information content (AvgIpc) is 2.38. The highest BCUT2D eigenvalue weighted by Gasteiger charge is 2.18. The van der Waals surface area contributed by atoms with Crippen molar-refractivity contribution in [3.8, 4) is 0 Å². The van der Waals surface area contributed by atoms with Crippen molar-refractivity contribution in [2.45, 2.75) is 33.3 Å². The van der Waals surface area contributed by atoms with Crippen molar-refractivity contribution < 1.29 is 19.1 Å². The molecule has 0 saturated carbocycles. The third-order valence-electron chi connectivity index (χ3n) is 2.52. The van der Waals surface area contributed by atoms with Crippen LogP contribution < -0.4 is 5.32 Å². The van der Waals surface area contributed by atoms with Crippen molar-refractivity contribution in [1.29, 1.82) is 0 Å². The largest absolute Gasteiger partial charge is 0.460 e. The molecule has 5 nitrogen and oxygen atoms in total. The lowest BCUT2D eigenvalue weighted by molar-refractivity contribution is -0.139. The van der Waals surface area contributed by atoms with Crippen LogP contribution in [0.3, 0.4) is 0 Å². The highest BCUT2D eigenvalue weighted by Crippen LogP contribution is 2.24. The quantitative estimate of drug-likeness (QED) is 0.679. The molecule has 0 unspecified atom stereocenters. The monoisotopic (exact) mass is 303 g/mol. The summed E-state index contributed by atoms with van der Waals surface area (Å²) < 4.78 is 10.2. The van der Waals surface area contributed by atoms with Gasteiger partial charge >= 0.3 is 12.1 Å². The van der Waals surface area contributed by atoms with Gasteiger partial charge in [0.25, 0.3) is 0 Å². The normalized spacial score (nSPS) is 10.4. The van der Waals surface area contributed by atoms with E-state index in [4.69, 9.17) is 9.47 Å². The van der Waals surface area contributed by atoms with Crippen molar-refractivity contribution in [1.82, 2.24) is 0 Å². The third-order valence-corrected chi connectivity index (χ3v) is 2.52. The van der Waals surface area contributed by atoms with Gasteiger partial charge in [0.15, 0.2) is 0 Å². The number of carbonyl (C=O) groups excluding carboxylic acids is 2. The van der Waals surface area contributed by atoms with Crippen LogP contribution in [0.15, 0.2) is 36.6 Å². The number of anilines is 1. The van der Waals surface area contributed by atoms with Gasteiger partial charge in [-0.3, -0.25) is 10.1 Å².